The number of hydrogen-bond acceptors (Lipinski definition) is 3. The molecular formula is C30H25N3O2. The number of benzene rings is 4. The number of carbonyl (C=O) groups is 1. The highest BCUT2D eigenvalue weighted by Crippen LogP contribution is 2.27. The fourth-order valence-electron chi connectivity index (χ4n) is 4.47. The summed E-state index contributed by atoms with van der Waals surface area (Å²) in [6.45, 7) is 1.84. The number of fused-ring (bicyclic) bond motifs is 1. The van der Waals surface area contributed by atoms with E-state index in [1.165, 1.54) is 0 Å². The Bertz CT molecular complexity index is 1510. The van der Waals surface area contributed by atoms with Crippen LogP contribution in [0.15, 0.2) is 114 Å². The van der Waals surface area contributed by atoms with Crippen molar-refractivity contribution in [2.45, 2.75) is 13.0 Å². The maximum atomic E-state index is 13.8. The van der Waals surface area contributed by atoms with Crippen LogP contribution >= 0.6 is 0 Å². The highest BCUT2D eigenvalue weighted by molar-refractivity contribution is 6.07. The summed E-state index contributed by atoms with van der Waals surface area (Å²) in [6.07, 6.45) is 0. The van der Waals surface area contributed by atoms with Gasteiger partial charge < -0.3 is 4.90 Å². The normalized spacial score (nSPS) is 11.1. The monoisotopic (exact) mass is 459 g/mol. The Morgan fingerprint density at radius 3 is 1.91 bits per heavy atom. The van der Waals surface area contributed by atoms with Crippen molar-refractivity contribution < 1.29 is 4.79 Å². The van der Waals surface area contributed by atoms with Crippen molar-refractivity contribution in [3.63, 3.8) is 0 Å². The van der Waals surface area contributed by atoms with Gasteiger partial charge >= 0.3 is 0 Å². The van der Waals surface area contributed by atoms with Crippen LogP contribution in [-0.2, 0) is 0 Å². The molecule has 5 heteroatoms. The summed E-state index contributed by atoms with van der Waals surface area (Å²) < 4.78 is 1.74. The van der Waals surface area contributed by atoms with Crippen LogP contribution in [0.4, 0.5) is 5.69 Å². The Morgan fingerprint density at radius 2 is 1.34 bits per heavy atom. The van der Waals surface area contributed by atoms with Crippen LogP contribution in [0, 0.1) is 6.92 Å². The van der Waals surface area contributed by atoms with E-state index in [1.807, 2.05) is 97.9 Å². The van der Waals surface area contributed by atoms with E-state index in [2.05, 4.69) is 0 Å². The Balaban J connectivity index is 1.62. The molecule has 1 aromatic heterocycles. The first kappa shape index (κ1) is 22.3. The molecule has 0 fully saturated rings. The van der Waals surface area contributed by atoms with Gasteiger partial charge in [-0.3, -0.25) is 14.2 Å². The van der Waals surface area contributed by atoms with Crippen molar-refractivity contribution in [1.29, 1.82) is 0 Å². The highest BCUT2D eigenvalue weighted by Gasteiger charge is 2.22. The van der Waals surface area contributed by atoms with Crippen LogP contribution in [0.25, 0.3) is 10.9 Å². The molecule has 0 N–H and O–H groups in total. The molecule has 1 heterocycles. The average molecular weight is 460 g/mol. The lowest BCUT2D eigenvalue weighted by atomic mass is 9.98. The largest absolute Gasteiger partial charge is 0.311 e. The van der Waals surface area contributed by atoms with Gasteiger partial charge in [0.15, 0.2) is 0 Å². The van der Waals surface area contributed by atoms with Crippen molar-refractivity contribution in [3.8, 4) is 0 Å². The molecule has 35 heavy (non-hydrogen) atoms. The molecule has 5 aromatic rings. The second-order valence-electron chi connectivity index (χ2n) is 8.49. The topological polar surface area (TPSA) is 55.2 Å². The summed E-state index contributed by atoms with van der Waals surface area (Å²) in [5, 5.41) is 0.478. The van der Waals surface area contributed by atoms with E-state index in [-0.39, 0.29) is 17.5 Å². The molecule has 0 saturated heterocycles. The second kappa shape index (κ2) is 9.39. The summed E-state index contributed by atoms with van der Waals surface area (Å²) in [4.78, 5) is 33.3. The lowest BCUT2D eigenvalue weighted by Crippen LogP contribution is -2.30. The van der Waals surface area contributed by atoms with E-state index in [9.17, 15) is 9.59 Å². The summed E-state index contributed by atoms with van der Waals surface area (Å²) in [7, 11) is 1.74. The number of amides is 1. The summed E-state index contributed by atoms with van der Waals surface area (Å²) in [5.41, 5.74) is 3.65. The molecule has 5 rings (SSSR count). The third-order valence-electron chi connectivity index (χ3n) is 6.26. The molecule has 0 unspecified atom stereocenters. The molecule has 0 saturated carbocycles. The molecule has 0 spiro atoms. The van der Waals surface area contributed by atoms with Crippen LogP contribution in [0.3, 0.4) is 0 Å². The number of carbonyl (C=O) groups excluding carboxylic acids is 1. The Hall–Kier alpha value is -4.51. The molecular weight excluding hydrogens is 434 g/mol. The van der Waals surface area contributed by atoms with Gasteiger partial charge in [-0.15, -0.1) is 0 Å². The maximum Gasteiger partial charge on any atom is 0.262 e. The summed E-state index contributed by atoms with van der Waals surface area (Å²) in [6, 6.07) is 34.2. The number of hydrogen-bond donors (Lipinski definition) is 0. The van der Waals surface area contributed by atoms with Gasteiger partial charge in [-0.2, -0.15) is 0 Å². The first-order valence-electron chi connectivity index (χ1n) is 11.5. The van der Waals surface area contributed by atoms with Gasteiger partial charge in [-0.1, -0.05) is 78.9 Å². The van der Waals surface area contributed by atoms with Gasteiger partial charge in [-0.05, 0) is 48.4 Å². The van der Waals surface area contributed by atoms with Crippen molar-refractivity contribution in [3.05, 3.63) is 142 Å². The molecule has 4 aromatic carbocycles. The van der Waals surface area contributed by atoms with Gasteiger partial charge in [0.05, 0.1) is 16.9 Å². The molecule has 0 atom stereocenters. The third kappa shape index (κ3) is 4.24. The van der Waals surface area contributed by atoms with E-state index >= 15 is 0 Å². The maximum absolute atomic E-state index is 13.8. The van der Waals surface area contributed by atoms with E-state index < -0.39 is 0 Å². The molecule has 0 aliphatic heterocycles. The van der Waals surface area contributed by atoms with Crippen LogP contribution in [0.2, 0.25) is 0 Å². The van der Waals surface area contributed by atoms with Gasteiger partial charge in [0.2, 0.25) is 0 Å². The summed E-state index contributed by atoms with van der Waals surface area (Å²) >= 11 is 0. The Labute approximate surface area is 203 Å². The molecule has 0 radical (unpaired) electrons. The number of aryl methyl sites for hydroxylation is 1. The standard InChI is InChI=1S/C30H25N3O2/c1-21-31-27-20-24(29(34)32(2)25-16-10-5-11-17-25)18-19-26(27)30(35)33(21)28(22-12-6-3-7-13-22)23-14-8-4-9-15-23/h3-20,28H,1-2H3. The van der Waals surface area contributed by atoms with Crippen LogP contribution in [0.5, 0.6) is 0 Å². The minimum Gasteiger partial charge on any atom is -0.311 e. The van der Waals surface area contributed by atoms with Crippen molar-refractivity contribution in [2.24, 2.45) is 0 Å². The number of nitrogens with zero attached hydrogens (tertiary/aromatic N) is 3. The molecule has 0 aliphatic carbocycles. The highest BCUT2D eigenvalue weighted by atomic mass is 16.2. The van der Waals surface area contributed by atoms with Gasteiger partial charge in [-0.25, -0.2) is 4.98 Å². The zero-order chi connectivity index (χ0) is 24.4. The predicted octanol–water partition coefficient (Wildman–Crippen LogP) is 5.62. The molecule has 5 nitrogen and oxygen atoms in total. The number of para-hydroxylation sites is 1. The zero-order valence-electron chi connectivity index (χ0n) is 19.6. The van der Waals surface area contributed by atoms with Crippen LogP contribution < -0.4 is 10.5 Å². The fraction of sp³-hybridized carbons (Fsp3) is 0.100. The lowest BCUT2D eigenvalue weighted by molar-refractivity contribution is 0.0993. The van der Waals surface area contributed by atoms with Gasteiger partial charge in [0, 0.05) is 18.3 Å². The molecule has 172 valence electrons. The molecule has 1 amide bonds. The lowest BCUT2D eigenvalue weighted by Gasteiger charge is -2.23. The first-order chi connectivity index (χ1) is 17.0. The molecule has 0 bridgehead atoms. The number of rotatable bonds is 5. The van der Waals surface area contributed by atoms with Gasteiger partial charge in [0.1, 0.15) is 5.82 Å². The number of anilines is 1. The number of aromatic nitrogens is 2. The van der Waals surface area contributed by atoms with Crippen LogP contribution in [-0.4, -0.2) is 22.5 Å². The second-order valence-corrected chi connectivity index (χ2v) is 8.49. The Morgan fingerprint density at radius 1 is 0.800 bits per heavy atom. The predicted molar refractivity (Wildman–Crippen MR) is 140 cm³/mol. The van der Waals surface area contributed by atoms with Crippen molar-refractivity contribution in [1.82, 2.24) is 9.55 Å². The van der Waals surface area contributed by atoms with Crippen molar-refractivity contribution >= 4 is 22.5 Å². The fourth-order valence-corrected chi connectivity index (χ4v) is 4.47. The SMILES string of the molecule is Cc1nc2cc(C(=O)N(C)c3ccccc3)ccc2c(=O)n1C(c1ccccc1)c1ccccc1. The average Bonchev–Trinajstić information content (AvgIpc) is 2.91. The molecule has 0 aliphatic rings. The first-order valence-corrected chi connectivity index (χ1v) is 11.5. The van der Waals surface area contributed by atoms with E-state index in [4.69, 9.17) is 4.98 Å². The Kier molecular flexibility index (Phi) is 5.98. The van der Waals surface area contributed by atoms with E-state index in [1.54, 1.807) is 34.7 Å². The third-order valence-corrected chi connectivity index (χ3v) is 6.26. The minimum atomic E-state index is -0.313. The van der Waals surface area contributed by atoms with E-state index in [0.29, 0.717) is 22.3 Å². The minimum absolute atomic E-state index is 0.138. The van der Waals surface area contributed by atoms with Crippen LogP contribution in [0.1, 0.15) is 33.4 Å². The smallest absolute Gasteiger partial charge is 0.262 e. The summed E-state index contributed by atoms with van der Waals surface area (Å²) in [5.74, 6) is 0.425. The van der Waals surface area contributed by atoms with Gasteiger partial charge in [0.25, 0.3) is 11.5 Å². The zero-order valence-corrected chi connectivity index (χ0v) is 19.6. The quantitative estimate of drug-likeness (QED) is 0.343. The van der Waals surface area contributed by atoms with Crippen molar-refractivity contribution in [2.75, 3.05) is 11.9 Å². The van der Waals surface area contributed by atoms with E-state index in [0.717, 1.165) is 16.8 Å².